The van der Waals surface area contributed by atoms with Crippen LogP contribution in [0.4, 0.5) is 11.4 Å². The van der Waals surface area contributed by atoms with Crippen LogP contribution in [0.1, 0.15) is 61.7 Å². The third-order valence-electron chi connectivity index (χ3n) is 9.01. The molecule has 0 saturated carbocycles. The zero-order chi connectivity index (χ0) is 30.0. The van der Waals surface area contributed by atoms with E-state index in [0.717, 1.165) is 28.8 Å². The van der Waals surface area contributed by atoms with Crippen LogP contribution < -0.4 is 15.0 Å². The average Bonchev–Trinajstić information content (AvgIpc) is 3.43. The molecule has 42 heavy (non-hydrogen) atoms. The molecule has 1 saturated heterocycles. The minimum absolute atomic E-state index is 0.0756. The van der Waals surface area contributed by atoms with Gasteiger partial charge in [0.15, 0.2) is 11.6 Å². The number of amides is 1. The molecule has 216 valence electrons. The van der Waals surface area contributed by atoms with Crippen molar-refractivity contribution in [3.05, 3.63) is 95.1 Å². The predicted octanol–water partition coefficient (Wildman–Crippen LogP) is 6.48. The molecule has 3 aromatic carbocycles. The molecular weight excluding hydrogens is 524 g/mol. The fourth-order valence-corrected chi connectivity index (χ4v) is 7.18. The Morgan fingerprint density at radius 1 is 1.02 bits per heavy atom. The number of carbonyl (C=O) groups is 3. The highest BCUT2D eigenvalue weighted by Gasteiger charge is 2.70. The van der Waals surface area contributed by atoms with Crippen molar-refractivity contribution in [3.8, 4) is 5.75 Å². The Hall–Kier alpha value is -4.19. The molecular formula is C36H38N2O4. The Labute approximate surface area is 247 Å². The van der Waals surface area contributed by atoms with Gasteiger partial charge in [0, 0.05) is 27.9 Å². The van der Waals surface area contributed by atoms with Crippen LogP contribution in [-0.2, 0) is 21.4 Å². The molecule has 4 atom stereocenters. The number of hydrogen-bond acceptors (Lipinski definition) is 5. The molecule has 0 radical (unpaired) electrons. The topological polar surface area (TPSA) is 75.7 Å². The van der Waals surface area contributed by atoms with Crippen molar-refractivity contribution in [1.82, 2.24) is 0 Å². The van der Waals surface area contributed by atoms with Gasteiger partial charge in [0.2, 0.25) is 5.91 Å². The van der Waals surface area contributed by atoms with Crippen LogP contribution >= 0.6 is 0 Å². The number of ether oxygens (including phenoxy) is 1. The number of nitrogens with zero attached hydrogens (tertiary/aromatic N) is 1. The molecule has 3 aromatic rings. The molecule has 3 aliphatic rings. The number of para-hydroxylation sites is 1. The molecule has 1 fully saturated rings. The highest BCUT2D eigenvalue weighted by Crippen LogP contribution is 2.58. The smallest absolute Gasteiger partial charge is 0.238 e. The summed E-state index contributed by atoms with van der Waals surface area (Å²) in [7, 11) is 1.62. The summed E-state index contributed by atoms with van der Waals surface area (Å²) in [5.74, 6) is -0.293. The van der Waals surface area contributed by atoms with Gasteiger partial charge in [-0.15, -0.1) is 0 Å². The first-order chi connectivity index (χ1) is 20.0. The van der Waals surface area contributed by atoms with E-state index < -0.39 is 28.8 Å². The molecule has 6 rings (SSSR count). The number of benzene rings is 3. The summed E-state index contributed by atoms with van der Waals surface area (Å²) >= 11 is 0. The molecule has 1 spiro atoms. The lowest BCUT2D eigenvalue weighted by molar-refractivity contribution is -0.128. The molecule has 3 heterocycles. The summed E-state index contributed by atoms with van der Waals surface area (Å²) in [5.41, 5.74) is 2.73. The molecule has 6 nitrogen and oxygen atoms in total. The second kappa shape index (κ2) is 9.97. The largest absolute Gasteiger partial charge is 0.497 e. The fourth-order valence-electron chi connectivity index (χ4n) is 7.18. The van der Waals surface area contributed by atoms with Gasteiger partial charge in [0.25, 0.3) is 0 Å². The van der Waals surface area contributed by atoms with E-state index in [9.17, 15) is 14.4 Å². The van der Waals surface area contributed by atoms with Crippen LogP contribution in [0.2, 0.25) is 0 Å². The van der Waals surface area contributed by atoms with E-state index in [1.807, 2.05) is 105 Å². The summed E-state index contributed by atoms with van der Waals surface area (Å²) in [6, 6.07) is 19.6. The van der Waals surface area contributed by atoms with E-state index in [1.54, 1.807) is 7.11 Å². The maximum atomic E-state index is 14.9. The molecule has 1 amide bonds. The van der Waals surface area contributed by atoms with Gasteiger partial charge in [-0.1, -0.05) is 89.2 Å². The summed E-state index contributed by atoms with van der Waals surface area (Å²) in [4.78, 5) is 45.9. The zero-order valence-electron chi connectivity index (χ0n) is 25.1. The van der Waals surface area contributed by atoms with Crippen molar-refractivity contribution in [1.29, 1.82) is 0 Å². The van der Waals surface area contributed by atoms with Gasteiger partial charge in [-0.05, 0) is 47.7 Å². The molecule has 6 heteroatoms. The molecule has 3 aliphatic heterocycles. The Morgan fingerprint density at radius 2 is 1.74 bits per heavy atom. The molecule has 0 bridgehead atoms. The van der Waals surface area contributed by atoms with Crippen LogP contribution in [0, 0.1) is 17.3 Å². The van der Waals surface area contributed by atoms with Crippen molar-refractivity contribution in [3.63, 3.8) is 0 Å². The quantitative estimate of drug-likeness (QED) is 0.348. The first-order valence-corrected chi connectivity index (χ1v) is 14.7. The van der Waals surface area contributed by atoms with Gasteiger partial charge in [-0.3, -0.25) is 14.4 Å². The number of carbonyl (C=O) groups excluding carboxylic acids is 3. The van der Waals surface area contributed by atoms with Crippen molar-refractivity contribution >= 4 is 34.9 Å². The van der Waals surface area contributed by atoms with E-state index >= 15 is 0 Å². The Balaban J connectivity index is 1.61. The Morgan fingerprint density at radius 3 is 2.40 bits per heavy atom. The van der Waals surface area contributed by atoms with E-state index in [1.165, 1.54) is 0 Å². The standard InChI is InChI=1S/C36H38N2O4/c1-21(2)19-22-11-13-23(14-12-22)32(39)30-31(33(40)35(3,4)5)38-28-17-16-25(42-6)20-24(28)15-18-29(38)36(30)26-9-7-8-10-27(26)37-34(36)41/h7-18,20-21,29-31H,19H2,1-6H3,(H,37,41)/t29-,30+,31-,36+/m0/s1. The van der Waals surface area contributed by atoms with E-state index in [0.29, 0.717) is 22.9 Å². The van der Waals surface area contributed by atoms with E-state index in [2.05, 4.69) is 19.2 Å². The van der Waals surface area contributed by atoms with Gasteiger partial charge >= 0.3 is 0 Å². The van der Waals surface area contributed by atoms with Crippen LogP contribution in [-0.4, -0.2) is 36.7 Å². The second-order valence-corrected chi connectivity index (χ2v) is 13.2. The van der Waals surface area contributed by atoms with Gasteiger partial charge in [-0.25, -0.2) is 0 Å². The van der Waals surface area contributed by atoms with Crippen LogP contribution in [0.25, 0.3) is 6.08 Å². The number of hydrogen-bond donors (Lipinski definition) is 1. The molecule has 0 aliphatic carbocycles. The third kappa shape index (κ3) is 4.11. The number of Topliss-reactive ketones (excluding diaryl/α,β-unsaturated/α-hetero) is 2. The maximum absolute atomic E-state index is 14.9. The zero-order valence-corrected chi connectivity index (χ0v) is 25.1. The van der Waals surface area contributed by atoms with Crippen molar-refractivity contribution in [2.75, 3.05) is 17.3 Å². The van der Waals surface area contributed by atoms with Crippen molar-refractivity contribution in [2.24, 2.45) is 17.3 Å². The highest BCUT2D eigenvalue weighted by molar-refractivity contribution is 6.17. The first kappa shape index (κ1) is 28.0. The van der Waals surface area contributed by atoms with Gasteiger partial charge in [-0.2, -0.15) is 0 Å². The summed E-state index contributed by atoms with van der Waals surface area (Å²) in [6.45, 7) is 9.98. The number of nitrogens with one attached hydrogen (secondary N) is 1. The van der Waals surface area contributed by atoms with Crippen molar-refractivity contribution < 1.29 is 19.1 Å². The minimum atomic E-state index is -1.30. The average molecular weight is 563 g/mol. The molecule has 1 N–H and O–H groups in total. The number of ketones is 2. The SMILES string of the molecule is COc1ccc2c(c1)C=C[C@@H]1N2[C@H](C(=O)C(C)(C)C)[C@H](C(=O)c2ccc(CC(C)C)cc2)[C@]12C(=O)Nc1ccccc12. The van der Waals surface area contributed by atoms with Crippen LogP contribution in [0.5, 0.6) is 5.75 Å². The lowest BCUT2D eigenvalue weighted by Gasteiger charge is -2.38. The molecule has 0 unspecified atom stereocenters. The number of anilines is 2. The van der Waals surface area contributed by atoms with Gasteiger partial charge in [0.1, 0.15) is 17.2 Å². The summed E-state index contributed by atoms with van der Waals surface area (Å²) in [5, 5.41) is 3.09. The first-order valence-electron chi connectivity index (χ1n) is 14.7. The normalized spacial score (nSPS) is 23.9. The van der Waals surface area contributed by atoms with Crippen molar-refractivity contribution in [2.45, 2.75) is 58.5 Å². The molecule has 0 aromatic heterocycles. The number of rotatable bonds is 6. The van der Waals surface area contributed by atoms with E-state index in [4.69, 9.17) is 4.74 Å². The van der Waals surface area contributed by atoms with Gasteiger partial charge < -0.3 is 15.0 Å². The Kier molecular flexibility index (Phi) is 6.64. The predicted molar refractivity (Wildman–Crippen MR) is 166 cm³/mol. The van der Waals surface area contributed by atoms with Crippen LogP contribution in [0.15, 0.2) is 72.8 Å². The minimum Gasteiger partial charge on any atom is -0.497 e. The summed E-state index contributed by atoms with van der Waals surface area (Å²) in [6.07, 6.45) is 4.89. The third-order valence-corrected chi connectivity index (χ3v) is 9.01. The fraction of sp³-hybridized carbons (Fsp3) is 0.361. The second-order valence-electron chi connectivity index (χ2n) is 13.2. The monoisotopic (exact) mass is 562 g/mol. The van der Waals surface area contributed by atoms with Crippen LogP contribution in [0.3, 0.4) is 0 Å². The van der Waals surface area contributed by atoms with Gasteiger partial charge in [0.05, 0.1) is 19.1 Å². The maximum Gasteiger partial charge on any atom is 0.238 e. The Bertz CT molecular complexity index is 1610. The lowest BCUT2D eigenvalue weighted by atomic mass is 9.63. The highest BCUT2D eigenvalue weighted by atomic mass is 16.5. The number of fused-ring (bicyclic) bond motifs is 6. The lowest BCUT2D eigenvalue weighted by Crippen LogP contribution is -2.51. The number of methoxy groups -OCH3 is 1. The summed E-state index contributed by atoms with van der Waals surface area (Å²) < 4.78 is 5.49. The van der Waals surface area contributed by atoms with E-state index in [-0.39, 0.29) is 17.5 Å².